The van der Waals surface area contributed by atoms with E-state index in [0.29, 0.717) is 0 Å². The van der Waals surface area contributed by atoms with Gasteiger partial charge in [-0.1, -0.05) is 6.92 Å². The van der Waals surface area contributed by atoms with Gasteiger partial charge in [0.15, 0.2) is 5.65 Å². The maximum atomic E-state index is 5.52. The first kappa shape index (κ1) is 8.31. The molecule has 0 aliphatic rings. The molecule has 0 bridgehead atoms. The van der Waals surface area contributed by atoms with Crippen molar-refractivity contribution in [2.75, 3.05) is 4.84 Å². The average Bonchev–Trinajstić information content (AvgIpc) is 2.59. The number of fused-ring (bicyclic) bond motifs is 1. The van der Waals surface area contributed by atoms with E-state index in [9.17, 15) is 0 Å². The Kier molecular flexibility index (Phi) is 2.06. The number of halogens is 1. The van der Waals surface area contributed by atoms with Gasteiger partial charge in [-0.3, -0.25) is 4.84 Å². The maximum Gasteiger partial charge on any atom is 0.157 e. The van der Waals surface area contributed by atoms with Gasteiger partial charge in [0, 0.05) is 30.1 Å². The Hall–Kier alpha value is -1.29. The highest BCUT2D eigenvalue weighted by Gasteiger charge is 2.03. The van der Waals surface area contributed by atoms with Crippen LogP contribution < -0.4 is 4.84 Å². The molecule has 0 aliphatic carbocycles. The predicted molar refractivity (Wildman–Crippen MR) is 51.8 cm³/mol. The SMILES string of the molecule is CCc1cc2nccc(NCl)n2n1. The second-order valence-corrected chi connectivity index (χ2v) is 2.87. The van der Waals surface area contributed by atoms with Gasteiger partial charge in [-0.15, -0.1) is 0 Å². The largest absolute Gasteiger partial charge is 0.282 e. The van der Waals surface area contributed by atoms with Crippen LogP contribution in [-0.4, -0.2) is 14.6 Å². The molecule has 0 aromatic carbocycles. The van der Waals surface area contributed by atoms with Crippen molar-refractivity contribution in [1.82, 2.24) is 14.6 Å². The van der Waals surface area contributed by atoms with Crippen LogP contribution in [0.3, 0.4) is 0 Å². The van der Waals surface area contributed by atoms with Gasteiger partial charge in [0.05, 0.1) is 5.69 Å². The third kappa shape index (κ3) is 1.33. The van der Waals surface area contributed by atoms with Crippen LogP contribution in [0, 0.1) is 0 Å². The Balaban J connectivity index is 2.67. The molecule has 1 N–H and O–H groups in total. The van der Waals surface area contributed by atoms with Gasteiger partial charge in [0.2, 0.25) is 0 Å². The van der Waals surface area contributed by atoms with Crippen LogP contribution in [0.15, 0.2) is 18.3 Å². The summed E-state index contributed by atoms with van der Waals surface area (Å²) in [5.74, 6) is 0.728. The molecule has 0 spiro atoms. The minimum Gasteiger partial charge on any atom is -0.282 e. The highest BCUT2D eigenvalue weighted by Crippen LogP contribution is 2.11. The van der Waals surface area contributed by atoms with E-state index < -0.39 is 0 Å². The minimum absolute atomic E-state index is 0.728. The molecule has 0 unspecified atom stereocenters. The van der Waals surface area contributed by atoms with E-state index in [4.69, 9.17) is 11.8 Å². The van der Waals surface area contributed by atoms with Crippen LogP contribution in [0.4, 0.5) is 5.82 Å². The number of nitrogens with zero attached hydrogens (tertiary/aromatic N) is 3. The van der Waals surface area contributed by atoms with Crippen LogP contribution >= 0.6 is 11.8 Å². The first-order valence-corrected chi connectivity index (χ1v) is 4.43. The molecule has 68 valence electrons. The summed E-state index contributed by atoms with van der Waals surface area (Å²) in [6, 6.07) is 3.71. The smallest absolute Gasteiger partial charge is 0.157 e. The Bertz CT molecular complexity index is 423. The number of rotatable bonds is 2. The molecule has 2 aromatic rings. The zero-order valence-electron chi connectivity index (χ0n) is 7.16. The lowest BCUT2D eigenvalue weighted by atomic mass is 10.3. The van der Waals surface area contributed by atoms with Crippen LogP contribution in [0.25, 0.3) is 5.65 Å². The second kappa shape index (κ2) is 3.22. The molecular weight excluding hydrogens is 188 g/mol. The van der Waals surface area contributed by atoms with Gasteiger partial charge in [-0.2, -0.15) is 9.61 Å². The lowest BCUT2D eigenvalue weighted by molar-refractivity contribution is 0.896. The van der Waals surface area contributed by atoms with Crippen molar-refractivity contribution in [2.45, 2.75) is 13.3 Å². The maximum absolute atomic E-state index is 5.52. The number of aromatic nitrogens is 3. The molecule has 0 fully saturated rings. The molecule has 0 aliphatic heterocycles. The number of nitrogens with one attached hydrogen (secondary N) is 1. The summed E-state index contributed by atoms with van der Waals surface area (Å²) < 4.78 is 1.69. The highest BCUT2D eigenvalue weighted by molar-refractivity contribution is 6.23. The first-order valence-electron chi connectivity index (χ1n) is 4.05. The van der Waals surface area contributed by atoms with Crippen molar-refractivity contribution in [3.63, 3.8) is 0 Å². The fourth-order valence-corrected chi connectivity index (χ4v) is 1.33. The topological polar surface area (TPSA) is 42.2 Å². The fraction of sp³-hybridized carbons (Fsp3) is 0.250. The standard InChI is InChI=1S/C8H9ClN4/c1-2-6-5-8-10-4-3-7(11-9)13(8)12-6/h3-5,11H,2H2,1H3. The molecule has 13 heavy (non-hydrogen) atoms. The zero-order valence-corrected chi connectivity index (χ0v) is 7.91. The van der Waals surface area contributed by atoms with E-state index >= 15 is 0 Å². The summed E-state index contributed by atoms with van der Waals surface area (Å²) in [5, 5.41) is 4.31. The molecule has 0 amide bonds. The zero-order chi connectivity index (χ0) is 9.26. The molecule has 2 heterocycles. The normalized spacial score (nSPS) is 10.6. The Morgan fingerprint density at radius 1 is 1.62 bits per heavy atom. The third-order valence-electron chi connectivity index (χ3n) is 1.87. The Morgan fingerprint density at radius 2 is 2.46 bits per heavy atom. The van der Waals surface area contributed by atoms with Crippen LogP contribution in [0.2, 0.25) is 0 Å². The predicted octanol–water partition coefficient (Wildman–Crippen LogP) is 1.86. The number of hydrogen-bond donors (Lipinski definition) is 1. The summed E-state index contributed by atoms with van der Waals surface area (Å²) in [5.41, 5.74) is 1.81. The van der Waals surface area contributed by atoms with Crippen molar-refractivity contribution >= 4 is 23.2 Å². The number of anilines is 1. The van der Waals surface area contributed by atoms with Gasteiger partial charge in [0.25, 0.3) is 0 Å². The van der Waals surface area contributed by atoms with E-state index in [2.05, 4.69) is 21.8 Å². The molecule has 2 rings (SSSR count). The summed E-state index contributed by atoms with van der Waals surface area (Å²) >= 11 is 5.52. The third-order valence-corrected chi connectivity index (χ3v) is 2.06. The van der Waals surface area contributed by atoms with Gasteiger partial charge in [-0.25, -0.2) is 4.98 Å². The molecule has 0 radical (unpaired) electrons. The first-order chi connectivity index (χ1) is 6.35. The monoisotopic (exact) mass is 196 g/mol. The summed E-state index contributed by atoms with van der Waals surface area (Å²) in [4.78, 5) is 6.70. The molecular formula is C8H9ClN4. The van der Waals surface area contributed by atoms with E-state index in [0.717, 1.165) is 23.6 Å². The van der Waals surface area contributed by atoms with Crippen LogP contribution in [0.5, 0.6) is 0 Å². The van der Waals surface area contributed by atoms with Gasteiger partial charge >= 0.3 is 0 Å². The summed E-state index contributed by atoms with van der Waals surface area (Å²) in [6.45, 7) is 2.05. The summed E-state index contributed by atoms with van der Waals surface area (Å²) in [7, 11) is 0. The van der Waals surface area contributed by atoms with Gasteiger partial charge in [-0.05, 0) is 6.42 Å². The molecule has 2 aromatic heterocycles. The van der Waals surface area contributed by atoms with Crippen LogP contribution in [0.1, 0.15) is 12.6 Å². The Morgan fingerprint density at radius 3 is 3.15 bits per heavy atom. The second-order valence-electron chi connectivity index (χ2n) is 2.68. The van der Waals surface area contributed by atoms with E-state index in [1.165, 1.54) is 0 Å². The van der Waals surface area contributed by atoms with Crippen molar-refractivity contribution in [3.05, 3.63) is 24.0 Å². The van der Waals surface area contributed by atoms with E-state index in [-0.39, 0.29) is 0 Å². The molecule has 0 saturated heterocycles. The fourth-order valence-electron chi connectivity index (χ4n) is 1.19. The molecule has 0 atom stereocenters. The lowest BCUT2D eigenvalue weighted by Crippen LogP contribution is -1.96. The average molecular weight is 197 g/mol. The van der Waals surface area contributed by atoms with E-state index in [1.807, 2.05) is 6.07 Å². The lowest BCUT2D eigenvalue weighted by Gasteiger charge is -1.99. The molecule has 5 heteroatoms. The quantitative estimate of drug-likeness (QED) is 0.746. The molecule has 4 nitrogen and oxygen atoms in total. The van der Waals surface area contributed by atoms with Crippen molar-refractivity contribution in [2.24, 2.45) is 0 Å². The summed E-state index contributed by atoms with van der Waals surface area (Å²) in [6.07, 6.45) is 2.59. The molecule has 0 saturated carbocycles. The number of aryl methyl sites for hydroxylation is 1. The van der Waals surface area contributed by atoms with Crippen molar-refractivity contribution in [1.29, 1.82) is 0 Å². The van der Waals surface area contributed by atoms with Crippen LogP contribution in [-0.2, 0) is 6.42 Å². The van der Waals surface area contributed by atoms with Crippen molar-refractivity contribution < 1.29 is 0 Å². The van der Waals surface area contributed by atoms with Crippen molar-refractivity contribution in [3.8, 4) is 0 Å². The van der Waals surface area contributed by atoms with Gasteiger partial charge in [0.1, 0.15) is 5.82 Å². The Labute approximate surface area is 80.7 Å². The van der Waals surface area contributed by atoms with E-state index in [1.54, 1.807) is 16.8 Å². The highest BCUT2D eigenvalue weighted by atomic mass is 35.5. The number of hydrogen-bond acceptors (Lipinski definition) is 3. The van der Waals surface area contributed by atoms with Gasteiger partial charge < -0.3 is 0 Å². The minimum atomic E-state index is 0.728.